The predicted octanol–water partition coefficient (Wildman–Crippen LogP) is 2.81. The summed E-state index contributed by atoms with van der Waals surface area (Å²) in [6.45, 7) is 12.3. The predicted molar refractivity (Wildman–Crippen MR) is 64.8 cm³/mol. The van der Waals surface area contributed by atoms with Crippen LogP contribution in [0.15, 0.2) is 0 Å². The minimum absolute atomic E-state index is 0.289. The SMILES string of the molecule is COCC(C)C(C)C(C)C(C)C(C)CO. The lowest BCUT2D eigenvalue weighted by Crippen LogP contribution is -2.29. The summed E-state index contributed by atoms with van der Waals surface area (Å²) in [5, 5.41) is 9.15. The number of aliphatic hydroxyl groups is 1. The van der Waals surface area contributed by atoms with Gasteiger partial charge in [-0.3, -0.25) is 0 Å². The van der Waals surface area contributed by atoms with E-state index in [0.717, 1.165) is 6.61 Å². The van der Waals surface area contributed by atoms with Gasteiger partial charge in [0.2, 0.25) is 0 Å². The van der Waals surface area contributed by atoms with Crippen LogP contribution in [0.3, 0.4) is 0 Å². The van der Waals surface area contributed by atoms with Crippen LogP contribution in [-0.4, -0.2) is 25.4 Å². The first-order valence-electron chi connectivity index (χ1n) is 6.05. The summed E-state index contributed by atoms with van der Waals surface area (Å²) >= 11 is 0. The molecule has 92 valence electrons. The van der Waals surface area contributed by atoms with Crippen LogP contribution in [0.1, 0.15) is 34.6 Å². The van der Waals surface area contributed by atoms with Gasteiger partial charge in [-0.25, -0.2) is 0 Å². The third kappa shape index (κ3) is 4.52. The normalized spacial score (nSPS) is 21.8. The Morgan fingerprint density at radius 1 is 0.867 bits per heavy atom. The zero-order valence-electron chi connectivity index (χ0n) is 11.2. The Bertz CT molecular complexity index is 159. The monoisotopic (exact) mass is 216 g/mol. The second kappa shape index (κ2) is 7.24. The number of methoxy groups -OCH3 is 1. The first-order valence-corrected chi connectivity index (χ1v) is 6.05. The lowest BCUT2D eigenvalue weighted by atomic mass is 9.74. The molecule has 0 saturated heterocycles. The van der Waals surface area contributed by atoms with Gasteiger partial charge in [-0.15, -0.1) is 0 Å². The van der Waals surface area contributed by atoms with Crippen LogP contribution in [0.4, 0.5) is 0 Å². The number of aliphatic hydroxyl groups excluding tert-OH is 1. The van der Waals surface area contributed by atoms with Crippen molar-refractivity contribution in [1.82, 2.24) is 0 Å². The molecule has 0 bridgehead atoms. The lowest BCUT2D eigenvalue weighted by molar-refractivity contribution is 0.0799. The van der Waals surface area contributed by atoms with E-state index < -0.39 is 0 Å². The summed E-state index contributed by atoms with van der Waals surface area (Å²) in [5.41, 5.74) is 0. The van der Waals surface area contributed by atoms with Gasteiger partial charge in [-0.05, 0) is 29.6 Å². The van der Waals surface area contributed by atoms with Crippen molar-refractivity contribution in [3.8, 4) is 0 Å². The molecule has 0 saturated carbocycles. The van der Waals surface area contributed by atoms with Crippen molar-refractivity contribution in [2.45, 2.75) is 34.6 Å². The van der Waals surface area contributed by atoms with Crippen LogP contribution >= 0.6 is 0 Å². The first kappa shape index (κ1) is 14.9. The lowest BCUT2D eigenvalue weighted by Gasteiger charge is -2.33. The fraction of sp³-hybridized carbons (Fsp3) is 1.00. The van der Waals surface area contributed by atoms with Crippen LogP contribution in [0.2, 0.25) is 0 Å². The Morgan fingerprint density at radius 3 is 1.73 bits per heavy atom. The molecule has 0 aliphatic carbocycles. The zero-order chi connectivity index (χ0) is 12.0. The van der Waals surface area contributed by atoms with Gasteiger partial charge in [0.05, 0.1) is 0 Å². The van der Waals surface area contributed by atoms with Crippen molar-refractivity contribution in [3.63, 3.8) is 0 Å². The highest BCUT2D eigenvalue weighted by molar-refractivity contribution is 4.75. The average molecular weight is 216 g/mol. The number of hydrogen-bond donors (Lipinski definition) is 1. The molecule has 15 heavy (non-hydrogen) atoms. The van der Waals surface area contributed by atoms with Gasteiger partial charge in [0, 0.05) is 20.3 Å². The Hall–Kier alpha value is -0.0800. The minimum Gasteiger partial charge on any atom is -0.396 e. The zero-order valence-corrected chi connectivity index (χ0v) is 11.2. The van der Waals surface area contributed by atoms with E-state index in [9.17, 15) is 0 Å². The summed E-state index contributed by atoms with van der Waals surface area (Å²) in [6, 6.07) is 0. The standard InChI is InChI=1S/C13H28O2/c1-9(7-14)11(3)13(5)12(4)10(2)8-15-6/h9-14H,7-8H2,1-6H3. The molecule has 5 atom stereocenters. The largest absolute Gasteiger partial charge is 0.396 e. The highest BCUT2D eigenvalue weighted by Gasteiger charge is 2.26. The van der Waals surface area contributed by atoms with Gasteiger partial charge >= 0.3 is 0 Å². The van der Waals surface area contributed by atoms with Crippen LogP contribution in [0.25, 0.3) is 0 Å². The van der Waals surface area contributed by atoms with E-state index in [1.54, 1.807) is 7.11 Å². The van der Waals surface area contributed by atoms with Crippen LogP contribution in [0.5, 0.6) is 0 Å². The quantitative estimate of drug-likeness (QED) is 0.709. The van der Waals surface area contributed by atoms with Gasteiger partial charge in [0.25, 0.3) is 0 Å². The molecule has 0 aromatic heterocycles. The maximum Gasteiger partial charge on any atom is 0.0490 e. The second-order valence-electron chi connectivity index (χ2n) is 5.17. The van der Waals surface area contributed by atoms with E-state index in [1.165, 1.54) is 0 Å². The van der Waals surface area contributed by atoms with E-state index in [2.05, 4.69) is 34.6 Å². The minimum atomic E-state index is 0.289. The van der Waals surface area contributed by atoms with Crippen molar-refractivity contribution < 1.29 is 9.84 Å². The molecule has 0 aliphatic heterocycles. The Labute approximate surface area is 95.0 Å². The molecule has 0 heterocycles. The van der Waals surface area contributed by atoms with E-state index in [-0.39, 0.29) is 6.61 Å². The fourth-order valence-corrected chi connectivity index (χ4v) is 2.10. The Balaban J connectivity index is 4.22. The molecule has 0 spiro atoms. The molecule has 5 unspecified atom stereocenters. The highest BCUT2D eigenvalue weighted by atomic mass is 16.5. The summed E-state index contributed by atoms with van der Waals surface area (Å²) in [7, 11) is 1.76. The number of hydrogen-bond acceptors (Lipinski definition) is 2. The summed E-state index contributed by atoms with van der Waals surface area (Å²) in [6.07, 6.45) is 0. The highest BCUT2D eigenvalue weighted by Crippen LogP contribution is 2.31. The number of ether oxygens (including phenoxy) is 1. The number of rotatable bonds is 7. The van der Waals surface area contributed by atoms with Crippen molar-refractivity contribution in [1.29, 1.82) is 0 Å². The second-order valence-corrected chi connectivity index (χ2v) is 5.17. The van der Waals surface area contributed by atoms with Crippen molar-refractivity contribution in [2.24, 2.45) is 29.6 Å². The van der Waals surface area contributed by atoms with Crippen LogP contribution < -0.4 is 0 Å². The van der Waals surface area contributed by atoms with Gasteiger partial charge < -0.3 is 9.84 Å². The topological polar surface area (TPSA) is 29.5 Å². The van der Waals surface area contributed by atoms with E-state index in [1.807, 2.05) is 0 Å². The summed E-state index contributed by atoms with van der Waals surface area (Å²) in [5.74, 6) is 2.78. The summed E-state index contributed by atoms with van der Waals surface area (Å²) < 4.78 is 5.19. The Morgan fingerprint density at radius 2 is 1.33 bits per heavy atom. The van der Waals surface area contributed by atoms with E-state index in [4.69, 9.17) is 9.84 Å². The molecule has 0 aromatic rings. The van der Waals surface area contributed by atoms with Crippen molar-refractivity contribution in [3.05, 3.63) is 0 Å². The summed E-state index contributed by atoms with van der Waals surface area (Å²) in [4.78, 5) is 0. The molecular weight excluding hydrogens is 188 g/mol. The third-order valence-corrected chi connectivity index (χ3v) is 4.17. The van der Waals surface area contributed by atoms with E-state index in [0.29, 0.717) is 29.6 Å². The maximum atomic E-state index is 9.15. The smallest absolute Gasteiger partial charge is 0.0490 e. The average Bonchev–Trinajstić information content (AvgIpc) is 2.25. The molecule has 0 radical (unpaired) electrons. The van der Waals surface area contributed by atoms with Gasteiger partial charge in [-0.2, -0.15) is 0 Å². The first-order chi connectivity index (χ1) is 6.95. The molecular formula is C13H28O2. The molecule has 2 heteroatoms. The fourth-order valence-electron chi connectivity index (χ4n) is 2.10. The van der Waals surface area contributed by atoms with E-state index >= 15 is 0 Å². The van der Waals surface area contributed by atoms with Gasteiger partial charge in [0.15, 0.2) is 0 Å². The molecule has 0 rings (SSSR count). The van der Waals surface area contributed by atoms with Crippen molar-refractivity contribution >= 4 is 0 Å². The molecule has 0 aliphatic rings. The van der Waals surface area contributed by atoms with Gasteiger partial charge in [-0.1, -0.05) is 34.6 Å². The molecule has 1 N–H and O–H groups in total. The molecule has 0 fully saturated rings. The Kier molecular flexibility index (Phi) is 7.20. The van der Waals surface area contributed by atoms with Gasteiger partial charge in [0.1, 0.15) is 0 Å². The van der Waals surface area contributed by atoms with Crippen LogP contribution in [-0.2, 0) is 4.74 Å². The van der Waals surface area contributed by atoms with Crippen LogP contribution in [0, 0.1) is 29.6 Å². The maximum absolute atomic E-state index is 9.15. The molecule has 0 aromatic carbocycles. The molecule has 2 nitrogen and oxygen atoms in total. The molecule has 0 amide bonds. The van der Waals surface area contributed by atoms with Crippen molar-refractivity contribution in [2.75, 3.05) is 20.3 Å². The third-order valence-electron chi connectivity index (χ3n) is 4.17.